The lowest BCUT2D eigenvalue weighted by Gasteiger charge is -2.25. The number of nitrogens with zero attached hydrogens (tertiary/aromatic N) is 1. The van der Waals surface area contributed by atoms with Gasteiger partial charge in [0.1, 0.15) is 5.75 Å². The van der Waals surface area contributed by atoms with Crippen molar-refractivity contribution in [2.24, 2.45) is 0 Å². The molecular formula is C12H18ClNO. The zero-order valence-corrected chi connectivity index (χ0v) is 10.3. The van der Waals surface area contributed by atoms with E-state index >= 15 is 0 Å². The molecule has 84 valence electrons. The fraction of sp³-hybridized carbons (Fsp3) is 0.500. The Morgan fingerprint density at radius 1 is 1.40 bits per heavy atom. The van der Waals surface area contributed by atoms with Crippen molar-refractivity contribution in [1.82, 2.24) is 4.90 Å². The maximum Gasteiger partial charge on any atom is 0.120 e. The topological polar surface area (TPSA) is 23.5 Å². The third-order valence-corrected chi connectivity index (χ3v) is 2.79. The first kappa shape index (κ1) is 12.3. The Bertz CT molecular complexity index is 325. The van der Waals surface area contributed by atoms with Crippen molar-refractivity contribution >= 4 is 11.6 Å². The monoisotopic (exact) mass is 227 g/mol. The van der Waals surface area contributed by atoms with Crippen LogP contribution in [0.15, 0.2) is 18.2 Å². The van der Waals surface area contributed by atoms with E-state index in [1.54, 1.807) is 12.1 Å². The van der Waals surface area contributed by atoms with Crippen LogP contribution in [0.3, 0.4) is 0 Å². The van der Waals surface area contributed by atoms with Crippen LogP contribution in [-0.4, -0.2) is 22.6 Å². The van der Waals surface area contributed by atoms with Gasteiger partial charge in [-0.15, -0.1) is 0 Å². The SMILES string of the molecule is CCN(Cc1cc(Cl)ccc1O)C(C)C. The summed E-state index contributed by atoms with van der Waals surface area (Å²) < 4.78 is 0. The van der Waals surface area contributed by atoms with Crippen molar-refractivity contribution in [3.8, 4) is 5.75 Å². The van der Waals surface area contributed by atoms with Crippen molar-refractivity contribution in [3.05, 3.63) is 28.8 Å². The highest BCUT2D eigenvalue weighted by Crippen LogP contribution is 2.23. The van der Waals surface area contributed by atoms with Crippen molar-refractivity contribution in [2.75, 3.05) is 6.54 Å². The molecule has 1 N–H and O–H groups in total. The quantitative estimate of drug-likeness (QED) is 0.854. The Kier molecular flexibility index (Phi) is 4.43. The van der Waals surface area contributed by atoms with Crippen LogP contribution in [0.2, 0.25) is 5.02 Å². The lowest BCUT2D eigenvalue weighted by Crippen LogP contribution is -2.29. The van der Waals surface area contributed by atoms with E-state index in [4.69, 9.17) is 11.6 Å². The van der Waals surface area contributed by atoms with Crippen molar-refractivity contribution < 1.29 is 5.11 Å². The normalized spacial score (nSPS) is 11.3. The first-order valence-corrected chi connectivity index (χ1v) is 5.63. The average molecular weight is 228 g/mol. The van der Waals surface area contributed by atoms with Gasteiger partial charge in [-0.3, -0.25) is 4.90 Å². The molecule has 0 aliphatic carbocycles. The van der Waals surface area contributed by atoms with Gasteiger partial charge in [0.05, 0.1) is 0 Å². The van der Waals surface area contributed by atoms with Gasteiger partial charge in [-0.1, -0.05) is 18.5 Å². The number of hydrogen-bond donors (Lipinski definition) is 1. The number of rotatable bonds is 4. The summed E-state index contributed by atoms with van der Waals surface area (Å²) >= 11 is 5.89. The molecule has 0 radical (unpaired) electrons. The lowest BCUT2D eigenvalue weighted by molar-refractivity contribution is 0.222. The molecule has 0 aromatic heterocycles. The number of aromatic hydroxyl groups is 1. The summed E-state index contributed by atoms with van der Waals surface area (Å²) in [7, 11) is 0. The second kappa shape index (κ2) is 5.38. The molecule has 0 saturated carbocycles. The molecule has 15 heavy (non-hydrogen) atoms. The lowest BCUT2D eigenvalue weighted by atomic mass is 10.1. The van der Waals surface area contributed by atoms with E-state index in [0.29, 0.717) is 16.8 Å². The van der Waals surface area contributed by atoms with Crippen LogP contribution in [0.4, 0.5) is 0 Å². The van der Waals surface area contributed by atoms with Gasteiger partial charge in [-0.05, 0) is 38.6 Å². The summed E-state index contributed by atoms with van der Waals surface area (Å²) in [5.74, 6) is 0.318. The summed E-state index contributed by atoms with van der Waals surface area (Å²) in [6.45, 7) is 8.10. The number of hydrogen-bond acceptors (Lipinski definition) is 2. The molecule has 1 aromatic carbocycles. The Labute approximate surface area is 96.5 Å². The van der Waals surface area contributed by atoms with Crippen LogP contribution < -0.4 is 0 Å². The van der Waals surface area contributed by atoms with E-state index in [9.17, 15) is 5.11 Å². The minimum absolute atomic E-state index is 0.318. The molecule has 0 aliphatic heterocycles. The fourth-order valence-corrected chi connectivity index (χ4v) is 1.75. The smallest absolute Gasteiger partial charge is 0.120 e. The maximum absolute atomic E-state index is 9.68. The Morgan fingerprint density at radius 3 is 2.60 bits per heavy atom. The molecule has 0 saturated heterocycles. The summed E-state index contributed by atoms with van der Waals surface area (Å²) in [4.78, 5) is 2.27. The van der Waals surface area contributed by atoms with Crippen molar-refractivity contribution in [2.45, 2.75) is 33.4 Å². The molecule has 0 unspecified atom stereocenters. The van der Waals surface area contributed by atoms with Gasteiger partial charge in [-0.2, -0.15) is 0 Å². The van der Waals surface area contributed by atoms with E-state index in [1.165, 1.54) is 0 Å². The van der Waals surface area contributed by atoms with Crippen LogP contribution in [0.5, 0.6) is 5.75 Å². The minimum Gasteiger partial charge on any atom is -0.508 e. The van der Waals surface area contributed by atoms with Gasteiger partial charge >= 0.3 is 0 Å². The summed E-state index contributed by atoms with van der Waals surface area (Å²) in [6, 6.07) is 5.63. The highest BCUT2D eigenvalue weighted by molar-refractivity contribution is 6.30. The summed E-state index contributed by atoms with van der Waals surface area (Å²) in [6.07, 6.45) is 0. The molecule has 0 amide bonds. The van der Waals surface area contributed by atoms with Crippen LogP contribution in [-0.2, 0) is 6.54 Å². The molecule has 0 aliphatic rings. The van der Waals surface area contributed by atoms with Gasteiger partial charge in [0.2, 0.25) is 0 Å². The van der Waals surface area contributed by atoms with Gasteiger partial charge in [0.25, 0.3) is 0 Å². The van der Waals surface area contributed by atoms with E-state index in [1.807, 2.05) is 6.07 Å². The Morgan fingerprint density at radius 2 is 2.07 bits per heavy atom. The Hall–Kier alpha value is -0.730. The average Bonchev–Trinajstić information content (AvgIpc) is 2.18. The third kappa shape index (κ3) is 3.40. The van der Waals surface area contributed by atoms with Gasteiger partial charge < -0.3 is 5.11 Å². The Balaban J connectivity index is 2.82. The first-order chi connectivity index (χ1) is 7.04. The van der Waals surface area contributed by atoms with E-state index in [2.05, 4.69) is 25.7 Å². The molecule has 0 spiro atoms. The molecule has 0 bridgehead atoms. The van der Waals surface area contributed by atoms with Crippen molar-refractivity contribution in [3.63, 3.8) is 0 Å². The minimum atomic E-state index is 0.318. The standard InChI is InChI=1S/C12H18ClNO/c1-4-14(9(2)3)8-10-7-11(13)5-6-12(10)15/h5-7,9,15H,4,8H2,1-3H3. The molecule has 2 nitrogen and oxygen atoms in total. The maximum atomic E-state index is 9.68. The number of phenols is 1. The molecule has 0 fully saturated rings. The highest BCUT2D eigenvalue weighted by atomic mass is 35.5. The third-order valence-electron chi connectivity index (χ3n) is 2.55. The molecule has 0 heterocycles. The van der Waals surface area contributed by atoms with E-state index in [-0.39, 0.29) is 0 Å². The predicted octanol–water partition coefficient (Wildman–Crippen LogP) is 3.28. The molecule has 0 atom stereocenters. The zero-order chi connectivity index (χ0) is 11.4. The number of benzene rings is 1. The first-order valence-electron chi connectivity index (χ1n) is 5.26. The highest BCUT2D eigenvalue weighted by Gasteiger charge is 2.10. The van der Waals surface area contributed by atoms with E-state index in [0.717, 1.165) is 18.7 Å². The van der Waals surface area contributed by atoms with Crippen LogP contribution in [0, 0.1) is 0 Å². The molecule has 3 heteroatoms. The van der Waals surface area contributed by atoms with Gasteiger partial charge in [0, 0.05) is 23.2 Å². The van der Waals surface area contributed by atoms with Crippen LogP contribution in [0.25, 0.3) is 0 Å². The van der Waals surface area contributed by atoms with Gasteiger partial charge in [-0.25, -0.2) is 0 Å². The van der Waals surface area contributed by atoms with Gasteiger partial charge in [0.15, 0.2) is 0 Å². The number of phenolic OH excluding ortho intramolecular Hbond substituents is 1. The van der Waals surface area contributed by atoms with Crippen LogP contribution >= 0.6 is 11.6 Å². The summed E-state index contributed by atoms with van der Waals surface area (Å²) in [5, 5.41) is 10.3. The molecule has 1 aromatic rings. The van der Waals surface area contributed by atoms with Crippen LogP contribution in [0.1, 0.15) is 26.3 Å². The zero-order valence-electron chi connectivity index (χ0n) is 9.50. The largest absolute Gasteiger partial charge is 0.508 e. The van der Waals surface area contributed by atoms with Crippen molar-refractivity contribution in [1.29, 1.82) is 0 Å². The predicted molar refractivity (Wildman–Crippen MR) is 64.3 cm³/mol. The molecule has 1 rings (SSSR count). The second-order valence-corrected chi connectivity index (χ2v) is 4.37. The molecular weight excluding hydrogens is 210 g/mol. The second-order valence-electron chi connectivity index (χ2n) is 3.93. The number of halogens is 1. The fourth-order valence-electron chi connectivity index (χ4n) is 1.56. The van der Waals surface area contributed by atoms with E-state index < -0.39 is 0 Å². The summed E-state index contributed by atoms with van der Waals surface area (Å²) in [5.41, 5.74) is 0.887.